The molecule has 12 heteroatoms. The van der Waals surface area contributed by atoms with Gasteiger partial charge in [-0.05, 0) is 13.8 Å². The highest BCUT2D eigenvalue weighted by Crippen LogP contribution is 2.29. The predicted octanol–water partition coefficient (Wildman–Crippen LogP) is 1.59. The van der Waals surface area contributed by atoms with Crippen LogP contribution in [0.2, 0.25) is 0 Å². The first-order valence-electron chi connectivity index (χ1n) is 9.33. The number of ether oxygens (including phenoxy) is 1. The van der Waals surface area contributed by atoms with E-state index in [0.717, 1.165) is 17.1 Å². The molecule has 1 saturated heterocycles. The molecule has 0 spiro atoms. The second-order valence-electron chi connectivity index (χ2n) is 6.50. The predicted molar refractivity (Wildman–Crippen MR) is 113 cm³/mol. The Hall–Kier alpha value is -2.44. The second-order valence-corrected chi connectivity index (χ2v) is 8.48. The third-order valence-corrected chi connectivity index (χ3v) is 6.40. The fraction of sp³-hybridized carbons (Fsp3) is 0.556. The van der Waals surface area contributed by atoms with E-state index in [2.05, 4.69) is 15.2 Å². The molecule has 0 saturated carbocycles. The number of carbonyl (C=O) groups excluding carboxylic acids is 2. The van der Waals surface area contributed by atoms with Gasteiger partial charge in [0.05, 0.1) is 17.1 Å². The number of likely N-dealkylation sites (N-methyl/N-ethyl adjacent to an activating group) is 1. The van der Waals surface area contributed by atoms with Crippen LogP contribution in [-0.2, 0) is 32.1 Å². The molecule has 0 radical (unpaired) electrons. The Kier molecular flexibility index (Phi) is 9.27. The average molecular weight is 456 g/mol. The molecule has 1 aliphatic rings. The van der Waals surface area contributed by atoms with Gasteiger partial charge in [0.2, 0.25) is 16.9 Å². The third kappa shape index (κ3) is 6.28. The summed E-state index contributed by atoms with van der Waals surface area (Å²) in [5, 5.41) is 16.3. The first kappa shape index (κ1) is 23.8. The normalized spacial score (nSPS) is 15.6. The zero-order valence-electron chi connectivity index (χ0n) is 17.1. The summed E-state index contributed by atoms with van der Waals surface area (Å²) < 4.78 is 5.32. The molecule has 2 aromatic rings. The third-order valence-electron chi connectivity index (χ3n) is 4.49. The van der Waals surface area contributed by atoms with Gasteiger partial charge < -0.3 is 14.7 Å². The summed E-state index contributed by atoms with van der Waals surface area (Å²) in [5.74, 6) is -0.435. The van der Waals surface area contributed by atoms with Gasteiger partial charge in [-0.15, -0.1) is 21.5 Å². The van der Waals surface area contributed by atoms with E-state index >= 15 is 0 Å². The fourth-order valence-corrected chi connectivity index (χ4v) is 4.49. The maximum absolute atomic E-state index is 12.7. The zero-order valence-corrected chi connectivity index (χ0v) is 18.7. The average Bonchev–Trinajstić information content (AvgIpc) is 3.44. The van der Waals surface area contributed by atoms with Gasteiger partial charge in [-0.25, -0.2) is 4.98 Å². The molecule has 2 amide bonds. The fourth-order valence-electron chi connectivity index (χ4n) is 2.92. The van der Waals surface area contributed by atoms with Gasteiger partial charge in [0.15, 0.2) is 0 Å². The SMILES string of the molecule is CCOCc1nnc(N2CC(C(=O)N(C)CCc3scnc3C)CC2=O)s1.O=CO. The van der Waals surface area contributed by atoms with E-state index in [1.807, 2.05) is 19.4 Å². The topological polar surface area (TPSA) is 126 Å². The van der Waals surface area contributed by atoms with Gasteiger partial charge >= 0.3 is 0 Å². The largest absolute Gasteiger partial charge is 0.483 e. The molecule has 1 aliphatic heterocycles. The number of carbonyl (C=O) groups is 3. The smallest absolute Gasteiger partial charge is 0.290 e. The monoisotopic (exact) mass is 455 g/mol. The second kappa shape index (κ2) is 11.7. The van der Waals surface area contributed by atoms with E-state index in [1.54, 1.807) is 28.2 Å². The van der Waals surface area contributed by atoms with Crippen LogP contribution in [0.15, 0.2) is 5.51 Å². The molecule has 164 valence electrons. The number of anilines is 1. The van der Waals surface area contributed by atoms with E-state index in [9.17, 15) is 9.59 Å². The van der Waals surface area contributed by atoms with E-state index in [1.165, 1.54) is 16.2 Å². The highest BCUT2D eigenvalue weighted by molar-refractivity contribution is 7.15. The molecule has 0 bridgehead atoms. The van der Waals surface area contributed by atoms with Crippen LogP contribution in [0.25, 0.3) is 0 Å². The minimum absolute atomic E-state index is 0.00734. The number of aryl methyl sites for hydroxylation is 1. The molecule has 3 heterocycles. The lowest BCUT2D eigenvalue weighted by molar-refractivity contribution is -0.134. The number of rotatable bonds is 8. The Labute approximate surface area is 182 Å². The van der Waals surface area contributed by atoms with Crippen LogP contribution in [0.3, 0.4) is 0 Å². The number of hydrogen-bond donors (Lipinski definition) is 1. The minimum Gasteiger partial charge on any atom is -0.483 e. The molecule has 2 aromatic heterocycles. The molecular formula is C18H25N5O5S2. The van der Waals surface area contributed by atoms with Crippen molar-refractivity contribution in [2.45, 2.75) is 33.3 Å². The quantitative estimate of drug-likeness (QED) is 0.595. The number of nitrogens with zero attached hydrogens (tertiary/aromatic N) is 5. The van der Waals surface area contributed by atoms with Crippen molar-refractivity contribution in [1.82, 2.24) is 20.1 Å². The van der Waals surface area contributed by atoms with Crippen molar-refractivity contribution in [3.63, 3.8) is 0 Å². The molecule has 0 aromatic carbocycles. The van der Waals surface area contributed by atoms with Crippen molar-refractivity contribution >= 4 is 46.1 Å². The molecular weight excluding hydrogens is 430 g/mol. The lowest BCUT2D eigenvalue weighted by atomic mass is 10.1. The molecule has 1 fully saturated rings. The van der Waals surface area contributed by atoms with Gasteiger partial charge in [0.1, 0.15) is 11.6 Å². The highest BCUT2D eigenvalue weighted by Gasteiger charge is 2.37. The molecule has 1 N–H and O–H groups in total. The number of amides is 2. The molecule has 10 nitrogen and oxygen atoms in total. The summed E-state index contributed by atoms with van der Waals surface area (Å²) in [5.41, 5.74) is 2.84. The lowest BCUT2D eigenvalue weighted by Crippen LogP contribution is -2.36. The zero-order chi connectivity index (χ0) is 22.1. The Balaban J connectivity index is 0.00000101. The molecule has 3 rings (SSSR count). The van der Waals surface area contributed by atoms with Crippen LogP contribution in [-0.4, -0.2) is 70.2 Å². The van der Waals surface area contributed by atoms with E-state index in [4.69, 9.17) is 14.6 Å². The summed E-state index contributed by atoms with van der Waals surface area (Å²) >= 11 is 2.94. The number of carboxylic acid groups (broad SMARTS) is 1. The van der Waals surface area contributed by atoms with Gasteiger partial charge in [0, 0.05) is 44.5 Å². The Morgan fingerprint density at radius 3 is 2.83 bits per heavy atom. The molecule has 0 aliphatic carbocycles. The minimum atomic E-state index is -0.343. The van der Waals surface area contributed by atoms with Gasteiger partial charge in [-0.1, -0.05) is 11.3 Å². The van der Waals surface area contributed by atoms with Gasteiger partial charge in [0.25, 0.3) is 6.47 Å². The van der Waals surface area contributed by atoms with E-state index in [0.29, 0.717) is 31.4 Å². The van der Waals surface area contributed by atoms with Crippen LogP contribution in [0, 0.1) is 12.8 Å². The number of thiazole rings is 1. The summed E-state index contributed by atoms with van der Waals surface area (Å²) in [7, 11) is 1.79. The van der Waals surface area contributed by atoms with Crippen molar-refractivity contribution in [1.29, 1.82) is 0 Å². The van der Waals surface area contributed by atoms with Crippen LogP contribution in [0.4, 0.5) is 5.13 Å². The van der Waals surface area contributed by atoms with Crippen molar-refractivity contribution in [2.24, 2.45) is 5.92 Å². The van der Waals surface area contributed by atoms with Gasteiger partial charge in [-0.3, -0.25) is 19.3 Å². The molecule has 1 unspecified atom stereocenters. The van der Waals surface area contributed by atoms with Crippen molar-refractivity contribution in [2.75, 3.05) is 31.6 Å². The maximum Gasteiger partial charge on any atom is 0.290 e. The van der Waals surface area contributed by atoms with Crippen molar-refractivity contribution in [3.05, 3.63) is 21.1 Å². The summed E-state index contributed by atoms with van der Waals surface area (Å²) in [6.07, 6.45) is 0.990. The van der Waals surface area contributed by atoms with Crippen LogP contribution in [0.1, 0.15) is 28.9 Å². The summed E-state index contributed by atoms with van der Waals surface area (Å²) in [6, 6.07) is 0. The van der Waals surface area contributed by atoms with Crippen molar-refractivity contribution in [3.8, 4) is 0 Å². The highest BCUT2D eigenvalue weighted by atomic mass is 32.1. The Morgan fingerprint density at radius 2 is 2.20 bits per heavy atom. The van der Waals surface area contributed by atoms with Crippen molar-refractivity contribution < 1.29 is 24.2 Å². The van der Waals surface area contributed by atoms with Crippen LogP contribution >= 0.6 is 22.7 Å². The number of aromatic nitrogens is 3. The molecule has 1 atom stereocenters. The van der Waals surface area contributed by atoms with Gasteiger partial charge in [-0.2, -0.15) is 0 Å². The van der Waals surface area contributed by atoms with E-state index < -0.39 is 0 Å². The first-order chi connectivity index (χ1) is 14.4. The van der Waals surface area contributed by atoms with Crippen LogP contribution in [0.5, 0.6) is 0 Å². The lowest BCUT2D eigenvalue weighted by Gasteiger charge is -2.20. The maximum atomic E-state index is 12.7. The Morgan fingerprint density at radius 1 is 1.47 bits per heavy atom. The molecule has 30 heavy (non-hydrogen) atoms. The first-order valence-corrected chi connectivity index (χ1v) is 11.0. The summed E-state index contributed by atoms with van der Waals surface area (Å²) in [6.45, 7) is 5.59. The summed E-state index contributed by atoms with van der Waals surface area (Å²) in [4.78, 5) is 42.2. The number of hydrogen-bond acceptors (Lipinski definition) is 9. The van der Waals surface area contributed by atoms with E-state index in [-0.39, 0.29) is 30.6 Å². The van der Waals surface area contributed by atoms with Crippen LogP contribution < -0.4 is 4.90 Å². The standard InChI is InChI=1S/C17H23N5O3S2.CH2O2/c1-4-25-9-14-19-20-17(27-14)22-8-12(7-15(22)23)16(24)21(3)6-5-13-11(2)18-10-26-13;2-1-3/h10,12H,4-9H2,1-3H3;1H,(H,2,3). The Bertz CT molecular complexity index is 856.